The number of aliphatic hydroxyl groups excluding tert-OH is 2. The van der Waals surface area contributed by atoms with Crippen molar-refractivity contribution >= 4 is 22.5 Å². The number of nitrogens with zero attached hydrogens (tertiary/aromatic N) is 2. The van der Waals surface area contributed by atoms with Crippen molar-refractivity contribution in [2.45, 2.75) is 44.6 Å². The molecule has 2 aromatic carbocycles. The maximum Gasteiger partial charge on any atom is 0.135 e. The molecule has 0 radical (unpaired) electrons. The Kier molecular flexibility index (Phi) is 9.59. The van der Waals surface area contributed by atoms with E-state index in [4.69, 9.17) is 16.3 Å². The summed E-state index contributed by atoms with van der Waals surface area (Å²) in [7, 11) is 6.12. The van der Waals surface area contributed by atoms with Gasteiger partial charge >= 0.3 is 0 Å². The molecule has 0 aliphatic carbocycles. The first-order valence-corrected chi connectivity index (χ1v) is 11.9. The third-order valence-electron chi connectivity index (χ3n) is 5.94. The Bertz CT molecular complexity index is 1000. The van der Waals surface area contributed by atoms with E-state index in [1.807, 2.05) is 48.0 Å². The highest BCUT2D eigenvalue weighted by Gasteiger charge is 2.26. The first-order chi connectivity index (χ1) is 15.9. The monoisotopic (exact) mass is 473 g/mol. The fourth-order valence-corrected chi connectivity index (χ4v) is 4.21. The summed E-state index contributed by atoms with van der Waals surface area (Å²) in [6.45, 7) is 2.01. The number of fused-ring (bicyclic) bond motifs is 1. The molecule has 2 unspecified atom stereocenters. The highest BCUT2D eigenvalue weighted by Crippen LogP contribution is 2.32. The van der Waals surface area contributed by atoms with Crippen LogP contribution in [0.4, 0.5) is 0 Å². The Labute approximate surface area is 201 Å². The molecule has 1 heterocycles. The molecular formula is C26H36ClN3O3. The van der Waals surface area contributed by atoms with Gasteiger partial charge in [-0.1, -0.05) is 42.6 Å². The highest BCUT2D eigenvalue weighted by atomic mass is 35.5. The minimum atomic E-state index is -1.08. The molecule has 6 nitrogen and oxygen atoms in total. The number of unbranched alkanes of at least 4 members (excludes halogenated alkanes) is 3. The van der Waals surface area contributed by atoms with Gasteiger partial charge in [0.05, 0.1) is 5.69 Å². The van der Waals surface area contributed by atoms with Crippen LogP contribution in [0.2, 0.25) is 5.02 Å². The molecule has 0 saturated carbocycles. The second-order valence-electron chi connectivity index (χ2n) is 8.74. The van der Waals surface area contributed by atoms with Crippen LogP contribution in [0.1, 0.15) is 43.0 Å². The summed E-state index contributed by atoms with van der Waals surface area (Å²) in [5, 5.41) is 26.5. The fourth-order valence-electron chi connectivity index (χ4n) is 4.09. The summed E-state index contributed by atoms with van der Waals surface area (Å²) in [4.78, 5) is 2.19. The predicted molar refractivity (Wildman–Crippen MR) is 135 cm³/mol. The normalized spacial score (nSPS) is 13.5. The molecule has 1 aromatic heterocycles. The molecule has 0 aliphatic rings. The van der Waals surface area contributed by atoms with Crippen LogP contribution in [0, 0.1) is 0 Å². The Morgan fingerprint density at radius 3 is 2.42 bits per heavy atom. The van der Waals surface area contributed by atoms with E-state index >= 15 is 0 Å². The van der Waals surface area contributed by atoms with E-state index < -0.39 is 12.3 Å². The van der Waals surface area contributed by atoms with Gasteiger partial charge in [-0.25, -0.2) is 0 Å². The molecule has 0 aliphatic heterocycles. The minimum Gasteiger partial charge on any atom is -0.487 e. The topological polar surface area (TPSA) is 69.9 Å². The number of nitrogens with one attached hydrogen (secondary N) is 1. The second kappa shape index (κ2) is 12.4. The molecule has 7 heteroatoms. The van der Waals surface area contributed by atoms with Crippen LogP contribution >= 0.6 is 11.6 Å². The molecule has 3 rings (SSSR count). The van der Waals surface area contributed by atoms with Crippen LogP contribution in [-0.4, -0.2) is 53.1 Å². The van der Waals surface area contributed by atoms with Crippen LogP contribution in [0.5, 0.6) is 5.75 Å². The number of rotatable bonds is 13. The van der Waals surface area contributed by atoms with Gasteiger partial charge in [0.25, 0.3) is 0 Å². The standard InChI is InChI=1S/C26H36ClN3O3/c1-29(2)17-9-5-4-8-16-28-26(32)25(31)24-21-10-6-7-11-22(21)30(3)23(24)18-33-20-14-12-19(27)13-15-20/h6-7,10-15,25-26,28,31-32H,4-5,8-9,16-18H2,1-3H3. The molecule has 3 N–H and O–H groups in total. The lowest BCUT2D eigenvalue weighted by molar-refractivity contribution is -0.00321. The lowest BCUT2D eigenvalue weighted by Crippen LogP contribution is -2.35. The molecule has 0 spiro atoms. The van der Waals surface area contributed by atoms with E-state index in [2.05, 4.69) is 24.3 Å². The van der Waals surface area contributed by atoms with Crippen LogP contribution in [-0.2, 0) is 13.7 Å². The van der Waals surface area contributed by atoms with Crippen LogP contribution in [0.15, 0.2) is 48.5 Å². The van der Waals surface area contributed by atoms with E-state index in [-0.39, 0.29) is 6.61 Å². The smallest absolute Gasteiger partial charge is 0.135 e. The van der Waals surface area contributed by atoms with Crippen molar-refractivity contribution in [1.82, 2.24) is 14.8 Å². The average molecular weight is 474 g/mol. The molecule has 0 bridgehead atoms. The zero-order valence-electron chi connectivity index (χ0n) is 19.8. The number of aromatic nitrogens is 1. The molecule has 0 fully saturated rings. The number of hydrogen-bond donors (Lipinski definition) is 3. The van der Waals surface area contributed by atoms with Gasteiger partial charge in [0.2, 0.25) is 0 Å². The summed E-state index contributed by atoms with van der Waals surface area (Å²) in [5.74, 6) is 0.693. The predicted octanol–water partition coefficient (Wildman–Crippen LogP) is 4.47. The van der Waals surface area contributed by atoms with Crippen molar-refractivity contribution < 1.29 is 14.9 Å². The van der Waals surface area contributed by atoms with Crippen molar-refractivity contribution in [1.29, 1.82) is 0 Å². The Balaban J connectivity index is 1.67. The van der Waals surface area contributed by atoms with Gasteiger partial charge in [0.1, 0.15) is 24.7 Å². The van der Waals surface area contributed by atoms with Gasteiger partial charge in [-0.2, -0.15) is 0 Å². The molecule has 2 atom stereocenters. The number of benzene rings is 2. The zero-order valence-corrected chi connectivity index (χ0v) is 20.6. The molecular weight excluding hydrogens is 438 g/mol. The number of ether oxygens (including phenoxy) is 1. The van der Waals surface area contributed by atoms with Gasteiger partial charge < -0.3 is 24.4 Å². The van der Waals surface area contributed by atoms with Crippen LogP contribution < -0.4 is 10.1 Å². The molecule has 0 amide bonds. The molecule has 0 saturated heterocycles. The first-order valence-electron chi connectivity index (χ1n) is 11.6. The first kappa shape index (κ1) is 25.5. The van der Waals surface area contributed by atoms with Crippen molar-refractivity contribution in [3.63, 3.8) is 0 Å². The Hall–Kier alpha value is -2.09. The lowest BCUT2D eigenvalue weighted by atomic mass is 10.0. The third-order valence-corrected chi connectivity index (χ3v) is 6.19. The summed E-state index contributed by atoms with van der Waals surface area (Å²) < 4.78 is 8.00. The molecule has 180 valence electrons. The van der Waals surface area contributed by atoms with Crippen molar-refractivity contribution in [3.8, 4) is 5.75 Å². The highest BCUT2D eigenvalue weighted by molar-refractivity contribution is 6.30. The number of para-hydroxylation sites is 1. The number of hydrogen-bond acceptors (Lipinski definition) is 5. The van der Waals surface area contributed by atoms with Gasteiger partial charge in [0.15, 0.2) is 0 Å². The lowest BCUT2D eigenvalue weighted by Gasteiger charge is -2.21. The third kappa shape index (κ3) is 6.95. The van der Waals surface area contributed by atoms with Crippen molar-refractivity contribution in [2.75, 3.05) is 27.2 Å². The Morgan fingerprint density at radius 1 is 1.00 bits per heavy atom. The quantitative estimate of drug-likeness (QED) is 0.252. The number of halogens is 1. The summed E-state index contributed by atoms with van der Waals surface area (Å²) in [6, 6.07) is 15.1. The minimum absolute atomic E-state index is 0.262. The van der Waals surface area contributed by atoms with Crippen LogP contribution in [0.25, 0.3) is 10.9 Å². The van der Waals surface area contributed by atoms with E-state index in [0.717, 1.165) is 42.4 Å². The number of aliphatic hydroxyl groups is 2. The number of aryl methyl sites for hydroxylation is 1. The van der Waals surface area contributed by atoms with Crippen molar-refractivity contribution in [3.05, 3.63) is 64.8 Å². The van der Waals surface area contributed by atoms with E-state index in [1.165, 1.54) is 6.42 Å². The van der Waals surface area contributed by atoms with Gasteiger partial charge in [-0.15, -0.1) is 0 Å². The summed E-state index contributed by atoms with van der Waals surface area (Å²) in [5.41, 5.74) is 2.49. The second-order valence-corrected chi connectivity index (χ2v) is 9.18. The molecule has 33 heavy (non-hydrogen) atoms. The fraction of sp³-hybridized carbons (Fsp3) is 0.462. The largest absolute Gasteiger partial charge is 0.487 e. The average Bonchev–Trinajstić information content (AvgIpc) is 3.09. The zero-order chi connectivity index (χ0) is 23.8. The van der Waals surface area contributed by atoms with E-state index in [1.54, 1.807) is 12.1 Å². The summed E-state index contributed by atoms with van der Waals surface area (Å²) >= 11 is 5.97. The van der Waals surface area contributed by atoms with Crippen molar-refractivity contribution in [2.24, 2.45) is 7.05 Å². The van der Waals surface area contributed by atoms with E-state index in [0.29, 0.717) is 22.9 Å². The van der Waals surface area contributed by atoms with E-state index in [9.17, 15) is 10.2 Å². The SMILES string of the molecule is CN(C)CCCCCCNC(O)C(O)c1c(COc2ccc(Cl)cc2)n(C)c2ccccc12. The maximum atomic E-state index is 11.1. The van der Waals surface area contributed by atoms with Gasteiger partial charge in [-0.05, 0) is 70.4 Å². The van der Waals surface area contributed by atoms with Gasteiger partial charge in [0, 0.05) is 28.5 Å². The Morgan fingerprint density at radius 2 is 1.70 bits per heavy atom. The maximum absolute atomic E-state index is 11.1. The van der Waals surface area contributed by atoms with Crippen LogP contribution in [0.3, 0.4) is 0 Å². The summed E-state index contributed by atoms with van der Waals surface area (Å²) in [6.07, 6.45) is 2.25. The van der Waals surface area contributed by atoms with Gasteiger partial charge in [-0.3, -0.25) is 5.32 Å². The molecule has 3 aromatic rings.